The first-order chi connectivity index (χ1) is 20.9. The molecule has 1 aliphatic heterocycles. The van der Waals surface area contributed by atoms with Crippen LogP contribution in [0.15, 0.2) is 49.1 Å². The van der Waals surface area contributed by atoms with Gasteiger partial charge in [0.05, 0.1) is 35.0 Å². The first-order valence-electron chi connectivity index (χ1n) is 14.9. The summed E-state index contributed by atoms with van der Waals surface area (Å²) in [6.07, 6.45) is 8.28. The van der Waals surface area contributed by atoms with E-state index < -0.39 is 20.0 Å². The van der Waals surface area contributed by atoms with Crippen LogP contribution in [0.1, 0.15) is 58.4 Å². The van der Waals surface area contributed by atoms with Crippen molar-refractivity contribution in [3.63, 3.8) is 0 Å². The summed E-state index contributed by atoms with van der Waals surface area (Å²) in [6.45, 7) is 8.86. The van der Waals surface area contributed by atoms with Crippen molar-refractivity contribution in [2.45, 2.75) is 70.2 Å². The molecule has 1 aromatic carbocycles. The maximum absolute atomic E-state index is 12.7. The van der Waals surface area contributed by atoms with Crippen molar-refractivity contribution in [2.24, 2.45) is 0 Å². The highest BCUT2D eigenvalue weighted by molar-refractivity contribution is 7.90. The molecule has 14 heteroatoms. The van der Waals surface area contributed by atoms with Gasteiger partial charge in [0.1, 0.15) is 11.6 Å². The SMILES string of the molecule is CCCS(=O)(=O)N(C)[C@H]1CN(c2ccc(C(C)C)c3cc(Nc4ccnc(-c5cnn(S(=O)(=O)C6CC6)c5)n4)ncc23)[C@@H]1C. The number of benzene rings is 1. The van der Waals surface area contributed by atoms with Gasteiger partial charge in [0, 0.05) is 43.1 Å². The number of rotatable bonds is 11. The summed E-state index contributed by atoms with van der Waals surface area (Å²) < 4.78 is 53.1. The molecule has 3 aromatic heterocycles. The van der Waals surface area contributed by atoms with Crippen molar-refractivity contribution in [3.8, 4) is 11.4 Å². The van der Waals surface area contributed by atoms with Gasteiger partial charge in [-0.25, -0.2) is 31.8 Å². The molecule has 4 aromatic rings. The van der Waals surface area contributed by atoms with Crippen molar-refractivity contribution in [2.75, 3.05) is 29.6 Å². The third-order valence-electron chi connectivity index (χ3n) is 8.58. The molecule has 1 N–H and O–H groups in total. The van der Waals surface area contributed by atoms with Gasteiger partial charge < -0.3 is 10.2 Å². The van der Waals surface area contributed by atoms with E-state index in [1.165, 1.54) is 22.3 Å². The Balaban J connectivity index is 1.26. The molecule has 0 amide bonds. The number of anilines is 3. The van der Waals surface area contributed by atoms with Crippen molar-refractivity contribution in [1.82, 2.24) is 28.4 Å². The lowest BCUT2D eigenvalue weighted by Crippen LogP contribution is -2.66. The Kier molecular flexibility index (Phi) is 7.87. The van der Waals surface area contributed by atoms with Gasteiger partial charge in [-0.05, 0) is 61.3 Å². The molecule has 0 spiro atoms. The zero-order valence-corrected chi connectivity index (χ0v) is 27.2. The van der Waals surface area contributed by atoms with Crippen LogP contribution in [-0.4, -0.2) is 82.0 Å². The molecule has 1 saturated heterocycles. The molecule has 1 saturated carbocycles. The van der Waals surface area contributed by atoms with E-state index >= 15 is 0 Å². The van der Waals surface area contributed by atoms with Gasteiger partial charge in [-0.15, -0.1) is 0 Å². The summed E-state index contributed by atoms with van der Waals surface area (Å²) in [5, 5.41) is 9.02. The lowest BCUT2D eigenvalue weighted by Gasteiger charge is -2.51. The first kappa shape index (κ1) is 30.4. The molecule has 2 fully saturated rings. The Labute approximate surface area is 258 Å². The summed E-state index contributed by atoms with van der Waals surface area (Å²) in [4.78, 5) is 15.9. The predicted molar refractivity (Wildman–Crippen MR) is 172 cm³/mol. The van der Waals surface area contributed by atoms with Crippen molar-refractivity contribution in [1.29, 1.82) is 0 Å². The zero-order chi connectivity index (χ0) is 31.4. The minimum atomic E-state index is -3.48. The molecule has 44 heavy (non-hydrogen) atoms. The number of pyridine rings is 1. The Morgan fingerprint density at radius 1 is 1.05 bits per heavy atom. The van der Waals surface area contributed by atoms with Crippen LogP contribution in [0.25, 0.3) is 22.2 Å². The second-order valence-electron chi connectivity index (χ2n) is 12.0. The number of nitrogens with one attached hydrogen (secondary N) is 1. The summed E-state index contributed by atoms with van der Waals surface area (Å²) >= 11 is 0. The number of hydrogen-bond donors (Lipinski definition) is 1. The van der Waals surface area contributed by atoms with Crippen LogP contribution < -0.4 is 10.2 Å². The molecule has 2 aliphatic rings. The number of sulfonamides is 1. The summed E-state index contributed by atoms with van der Waals surface area (Å²) in [7, 11) is -5.08. The zero-order valence-electron chi connectivity index (χ0n) is 25.5. The second kappa shape index (κ2) is 11.4. The standard InChI is InChI=1S/C30H38N8O4S2/c1-6-13-43(39,40)36(5)27-18-37(20(27)4)26-10-9-23(19(2)3)24-14-29(32-16-25(24)26)34-28-11-12-31-30(35-28)21-15-33-38(17-21)44(41,42)22-7-8-22/h9-12,14-17,19-20,22,27H,6-8,13,18H2,1-5H3,(H,31,32,34,35)/t20-,27+/m1/s1. The summed E-state index contributed by atoms with van der Waals surface area (Å²) in [6, 6.07) is 7.91. The van der Waals surface area contributed by atoms with Gasteiger partial charge in [0.2, 0.25) is 10.0 Å². The van der Waals surface area contributed by atoms with Gasteiger partial charge in [-0.3, -0.25) is 0 Å². The van der Waals surface area contributed by atoms with Crippen LogP contribution in [0.4, 0.5) is 17.3 Å². The molecule has 1 aliphatic carbocycles. The van der Waals surface area contributed by atoms with E-state index in [0.717, 1.165) is 20.5 Å². The number of likely N-dealkylation sites (N-methyl/N-ethyl adjacent to an activating group) is 1. The normalized spacial score (nSPS) is 19.1. The third-order valence-corrected chi connectivity index (χ3v) is 12.7. The number of nitrogens with zero attached hydrogens (tertiary/aromatic N) is 7. The molecular weight excluding hydrogens is 601 g/mol. The Hall–Kier alpha value is -3.62. The first-order valence-corrected chi connectivity index (χ1v) is 18.1. The molecular formula is C30H38N8O4S2. The Bertz CT molecular complexity index is 1920. The van der Waals surface area contributed by atoms with E-state index in [1.54, 1.807) is 19.3 Å². The third kappa shape index (κ3) is 5.54. The topological polar surface area (TPSA) is 143 Å². The second-order valence-corrected chi connectivity index (χ2v) is 16.2. The van der Waals surface area contributed by atoms with E-state index in [2.05, 4.69) is 58.2 Å². The van der Waals surface area contributed by atoms with Crippen LogP contribution in [0, 0.1) is 0 Å². The van der Waals surface area contributed by atoms with Gasteiger partial charge in [-0.2, -0.15) is 13.5 Å². The van der Waals surface area contributed by atoms with Gasteiger partial charge in [0.25, 0.3) is 10.0 Å². The maximum atomic E-state index is 12.7. The van der Waals surface area contributed by atoms with Crippen LogP contribution in [0.2, 0.25) is 0 Å². The molecule has 0 radical (unpaired) electrons. The van der Waals surface area contributed by atoms with E-state index in [0.29, 0.717) is 48.8 Å². The van der Waals surface area contributed by atoms with E-state index in [1.807, 2.05) is 19.2 Å². The fourth-order valence-corrected chi connectivity index (χ4v) is 8.72. The van der Waals surface area contributed by atoms with Crippen LogP contribution in [0.5, 0.6) is 0 Å². The molecule has 234 valence electrons. The smallest absolute Gasteiger partial charge is 0.256 e. The van der Waals surface area contributed by atoms with Crippen molar-refractivity contribution < 1.29 is 16.8 Å². The van der Waals surface area contributed by atoms with Crippen LogP contribution in [0.3, 0.4) is 0 Å². The average molecular weight is 639 g/mol. The van der Waals surface area contributed by atoms with Crippen molar-refractivity contribution >= 4 is 48.1 Å². The summed E-state index contributed by atoms with van der Waals surface area (Å²) in [5.41, 5.74) is 2.70. The number of aromatic nitrogens is 5. The highest BCUT2D eigenvalue weighted by Crippen LogP contribution is 2.39. The van der Waals surface area contributed by atoms with Gasteiger partial charge in [-0.1, -0.05) is 26.8 Å². The highest BCUT2D eigenvalue weighted by Gasteiger charge is 2.42. The molecule has 2 atom stereocenters. The van der Waals surface area contributed by atoms with E-state index in [9.17, 15) is 16.8 Å². The average Bonchev–Trinajstić information content (AvgIpc) is 3.73. The maximum Gasteiger partial charge on any atom is 0.256 e. The van der Waals surface area contributed by atoms with Gasteiger partial charge >= 0.3 is 0 Å². The molecule has 0 bridgehead atoms. The fraction of sp³-hybridized carbons (Fsp3) is 0.467. The lowest BCUT2D eigenvalue weighted by molar-refractivity contribution is 0.250. The summed E-state index contributed by atoms with van der Waals surface area (Å²) in [5.74, 6) is 1.89. The molecule has 4 heterocycles. The molecule has 12 nitrogen and oxygen atoms in total. The van der Waals surface area contributed by atoms with Gasteiger partial charge in [0.15, 0.2) is 5.82 Å². The lowest BCUT2D eigenvalue weighted by atomic mass is 9.92. The van der Waals surface area contributed by atoms with Crippen LogP contribution >= 0.6 is 0 Å². The number of fused-ring (bicyclic) bond motifs is 1. The fourth-order valence-electron chi connectivity index (χ4n) is 5.78. The quantitative estimate of drug-likeness (QED) is 0.252. The van der Waals surface area contributed by atoms with E-state index in [-0.39, 0.29) is 29.0 Å². The largest absolute Gasteiger partial charge is 0.365 e. The number of hydrogen-bond acceptors (Lipinski definition) is 10. The Morgan fingerprint density at radius 3 is 2.50 bits per heavy atom. The van der Waals surface area contributed by atoms with Crippen molar-refractivity contribution in [3.05, 3.63) is 54.6 Å². The Morgan fingerprint density at radius 2 is 1.82 bits per heavy atom. The molecule has 0 unspecified atom stereocenters. The van der Waals surface area contributed by atoms with E-state index in [4.69, 9.17) is 4.98 Å². The molecule has 6 rings (SSSR count). The monoisotopic (exact) mass is 638 g/mol. The minimum Gasteiger partial charge on any atom is -0.365 e. The predicted octanol–water partition coefficient (Wildman–Crippen LogP) is 4.34. The highest BCUT2D eigenvalue weighted by atomic mass is 32.2. The minimum absolute atomic E-state index is 0.0144. The van der Waals surface area contributed by atoms with Crippen LogP contribution in [-0.2, 0) is 20.0 Å².